The van der Waals surface area contributed by atoms with Gasteiger partial charge in [-0.15, -0.1) is 0 Å². The van der Waals surface area contributed by atoms with Gasteiger partial charge in [0.15, 0.2) is 5.78 Å². The number of hydrogen-bond donors (Lipinski definition) is 0. The Morgan fingerprint density at radius 1 is 1.50 bits per heavy atom. The molecule has 0 aromatic rings. The molecule has 0 N–H and O–H groups in total. The van der Waals surface area contributed by atoms with Crippen LogP contribution in [-0.4, -0.2) is 31.7 Å². The van der Waals surface area contributed by atoms with Crippen molar-refractivity contribution in [3.63, 3.8) is 0 Å². The summed E-state index contributed by atoms with van der Waals surface area (Å²) in [6.45, 7) is 1.94. The Labute approximate surface area is 70.3 Å². The molecule has 0 spiro atoms. The molecule has 0 bridgehead atoms. The largest absolute Gasteiger partial charge is 0.466 e. The first-order chi connectivity index (χ1) is 5.70. The van der Waals surface area contributed by atoms with Gasteiger partial charge in [-0.05, 0) is 6.92 Å². The fourth-order valence-corrected chi connectivity index (χ4v) is 0.511. The second-order valence-electron chi connectivity index (χ2n) is 1.87. The highest BCUT2D eigenvalue weighted by Gasteiger charge is 2.07. The number of nitrogens with zero attached hydrogens (tertiary/aromatic N) is 1. The Balaban J connectivity index is 3.69. The number of carbonyl (C=O) groups is 2. The van der Waals surface area contributed by atoms with Crippen molar-refractivity contribution in [1.29, 1.82) is 0 Å². The van der Waals surface area contributed by atoms with E-state index in [1.807, 2.05) is 0 Å². The SMILES string of the molecule is CCOC(=O)CC(=O)C=NOC. The number of esters is 1. The summed E-state index contributed by atoms with van der Waals surface area (Å²) in [5.41, 5.74) is 0. The van der Waals surface area contributed by atoms with Gasteiger partial charge in [0.25, 0.3) is 0 Å². The summed E-state index contributed by atoms with van der Waals surface area (Å²) in [5.74, 6) is -0.986. The highest BCUT2D eigenvalue weighted by atomic mass is 16.6. The average Bonchev–Trinajstić information content (AvgIpc) is 2.01. The Morgan fingerprint density at radius 2 is 2.17 bits per heavy atom. The van der Waals surface area contributed by atoms with Crippen molar-refractivity contribution in [3.8, 4) is 0 Å². The lowest BCUT2D eigenvalue weighted by molar-refractivity contribution is -0.144. The molecular formula is C7H11NO4. The van der Waals surface area contributed by atoms with Crippen LogP contribution in [0.1, 0.15) is 13.3 Å². The van der Waals surface area contributed by atoms with Crippen molar-refractivity contribution in [2.75, 3.05) is 13.7 Å². The first-order valence-electron chi connectivity index (χ1n) is 3.45. The van der Waals surface area contributed by atoms with Crippen LogP contribution in [-0.2, 0) is 19.2 Å². The van der Waals surface area contributed by atoms with Gasteiger partial charge in [-0.2, -0.15) is 0 Å². The maximum absolute atomic E-state index is 10.8. The molecule has 0 atom stereocenters. The van der Waals surface area contributed by atoms with E-state index in [0.29, 0.717) is 0 Å². The first kappa shape index (κ1) is 10.6. The first-order valence-corrected chi connectivity index (χ1v) is 3.45. The summed E-state index contributed by atoms with van der Waals surface area (Å²) in [4.78, 5) is 25.7. The second-order valence-corrected chi connectivity index (χ2v) is 1.87. The monoisotopic (exact) mass is 173 g/mol. The second kappa shape index (κ2) is 6.33. The van der Waals surface area contributed by atoms with Crippen molar-refractivity contribution < 1.29 is 19.2 Å². The van der Waals surface area contributed by atoms with E-state index in [4.69, 9.17) is 0 Å². The fraction of sp³-hybridized carbons (Fsp3) is 0.571. The van der Waals surface area contributed by atoms with E-state index in [0.717, 1.165) is 6.21 Å². The number of ether oxygens (including phenoxy) is 1. The summed E-state index contributed by atoms with van der Waals surface area (Å²) < 4.78 is 4.53. The molecule has 0 amide bonds. The molecule has 0 aliphatic heterocycles. The van der Waals surface area contributed by atoms with Crippen LogP contribution in [0.2, 0.25) is 0 Å². The molecule has 0 heterocycles. The molecule has 12 heavy (non-hydrogen) atoms. The maximum Gasteiger partial charge on any atom is 0.313 e. The third-order valence-corrected chi connectivity index (χ3v) is 0.926. The minimum absolute atomic E-state index is 0.271. The van der Waals surface area contributed by atoms with Crippen LogP contribution >= 0.6 is 0 Å². The highest BCUT2D eigenvalue weighted by molar-refractivity contribution is 6.31. The van der Waals surface area contributed by atoms with Crippen molar-refractivity contribution in [1.82, 2.24) is 0 Å². The smallest absolute Gasteiger partial charge is 0.313 e. The molecule has 0 saturated heterocycles. The van der Waals surface area contributed by atoms with Gasteiger partial charge in [-0.3, -0.25) is 9.59 Å². The number of hydrogen-bond acceptors (Lipinski definition) is 5. The van der Waals surface area contributed by atoms with E-state index in [9.17, 15) is 9.59 Å². The zero-order valence-corrected chi connectivity index (χ0v) is 7.07. The topological polar surface area (TPSA) is 65.0 Å². The van der Waals surface area contributed by atoms with Gasteiger partial charge in [0.1, 0.15) is 19.7 Å². The molecule has 68 valence electrons. The molecule has 0 aromatic carbocycles. The van der Waals surface area contributed by atoms with Gasteiger partial charge >= 0.3 is 5.97 Å². The van der Waals surface area contributed by atoms with Crippen LogP contribution in [0.3, 0.4) is 0 Å². The third kappa shape index (κ3) is 5.40. The van der Waals surface area contributed by atoms with Crippen LogP contribution < -0.4 is 0 Å². The van der Waals surface area contributed by atoms with Crippen LogP contribution in [0, 0.1) is 0 Å². The van der Waals surface area contributed by atoms with E-state index in [2.05, 4.69) is 14.7 Å². The number of Topliss-reactive ketones (excluding diaryl/α,β-unsaturated/α-hetero) is 1. The summed E-state index contributed by atoms with van der Waals surface area (Å²) in [5, 5.41) is 3.20. The fourth-order valence-electron chi connectivity index (χ4n) is 0.511. The lowest BCUT2D eigenvalue weighted by Crippen LogP contribution is -2.11. The minimum atomic E-state index is -0.551. The van der Waals surface area contributed by atoms with Crippen LogP contribution in [0.25, 0.3) is 0 Å². The summed E-state index contributed by atoms with van der Waals surface area (Å²) >= 11 is 0. The van der Waals surface area contributed by atoms with E-state index >= 15 is 0 Å². The highest BCUT2D eigenvalue weighted by Crippen LogP contribution is 1.86. The van der Waals surface area contributed by atoms with Gasteiger partial charge in [0.2, 0.25) is 0 Å². The third-order valence-electron chi connectivity index (χ3n) is 0.926. The number of ketones is 1. The molecule has 0 rings (SSSR count). The lowest BCUT2D eigenvalue weighted by atomic mass is 10.3. The lowest BCUT2D eigenvalue weighted by Gasteiger charge is -1.96. The van der Waals surface area contributed by atoms with Gasteiger partial charge < -0.3 is 9.57 Å². The molecule has 0 radical (unpaired) electrons. The number of carbonyl (C=O) groups excluding carboxylic acids is 2. The molecule has 5 nitrogen and oxygen atoms in total. The molecule has 0 aromatic heterocycles. The van der Waals surface area contributed by atoms with Gasteiger partial charge in [-0.25, -0.2) is 0 Å². The van der Waals surface area contributed by atoms with Crippen LogP contribution in [0.15, 0.2) is 5.16 Å². The van der Waals surface area contributed by atoms with Crippen molar-refractivity contribution in [2.45, 2.75) is 13.3 Å². The molecule has 5 heteroatoms. The maximum atomic E-state index is 10.8. The van der Waals surface area contributed by atoms with Crippen LogP contribution in [0.5, 0.6) is 0 Å². The standard InChI is InChI=1S/C7H11NO4/c1-3-12-7(10)4-6(9)5-8-11-2/h5H,3-4H2,1-2H3. The summed E-state index contributed by atoms with van der Waals surface area (Å²) in [6, 6.07) is 0. The Morgan fingerprint density at radius 3 is 2.67 bits per heavy atom. The average molecular weight is 173 g/mol. The molecule has 0 aliphatic rings. The minimum Gasteiger partial charge on any atom is -0.466 e. The Hall–Kier alpha value is -1.39. The number of rotatable bonds is 5. The molecule has 0 aliphatic carbocycles. The molecule has 0 saturated carbocycles. The zero-order chi connectivity index (χ0) is 9.40. The normalized spacial score (nSPS) is 9.83. The van der Waals surface area contributed by atoms with Gasteiger partial charge in [0, 0.05) is 0 Å². The number of oxime groups is 1. The van der Waals surface area contributed by atoms with Gasteiger partial charge in [0.05, 0.1) is 6.61 Å². The predicted octanol–water partition coefficient (Wildman–Crippen LogP) is 0.141. The summed E-state index contributed by atoms with van der Waals surface area (Å²) in [7, 11) is 1.31. The van der Waals surface area contributed by atoms with Crippen molar-refractivity contribution in [3.05, 3.63) is 0 Å². The van der Waals surface area contributed by atoms with E-state index < -0.39 is 11.8 Å². The van der Waals surface area contributed by atoms with E-state index in [1.54, 1.807) is 6.92 Å². The molecular weight excluding hydrogens is 162 g/mol. The zero-order valence-electron chi connectivity index (χ0n) is 7.07. The van der Waals surface area contributed by atoms with E-state index in [-0.39, 0.29) is 13.0 Å². The Kier molecular flexibility index (Phi) is 5.60. The van der Waals surface area contributed by atoms with E-state index in [1.165, 1.54) is 7.11 Å². The van der Waals surface area contributed by atoms with Crippen molar-refractivity contribution in [2.24, 2.45) is 5.16 Å². The van der Waals surface area contributed by atoms with Crippen molar-refractivity contribution >= 4 is 18.0 Å². The summed E-state index contributed by atoms with van der Waals surface area (Å²) in [6.07, 6.45) is 0.650. The molecule has 0 unspecified atom stereocenters. The predicted molar refractivity (Wildman–Crippen MR) is 41.8 cm³/mol. The Bertz CT molecular complexity index is 188. The quantitative estimate of drug-likeness (QED) is 0.257. The van der Waals surface area contributed by atoms with Crippen LogP contribution in [0.4, 0.5) is 0 Å². The van der Waals surface area contributed by atoms with Gasteiger partial charge in [-0.1, -0.05) is 5.16 Å². The molecule has 0 fully saturated rings.